The van der Waals surface area contributed by atoms with Gasteiger partial charge in [0.2, 0.25) is 17.7 Å². The zero-order valence-electron chi connectivity index (χ0n) is 18.4. The Labute approximate surface area is 195 Å². The van der Waals surface area contributed by atoms with Crippen LogP contribution in [0, 0.1) is 33.8 Å². The highest BCUT2D eigenvalue weighted by Crippen LogP contribution is 2.53. The summed E-state index contributed by atoms with van der Waals surface area (Å²) in [5.74, 6) is -1.92. The highest BCUT2D eigenvalue weighted by Gasteiger charge is 2.61. The van der Waals surface area contributed by atoms with Gasteiger partial charge in [0.15, 0.2) is 0 Å². The number of nitro benzene ring substituents is 1. The van der Waals surface area contributed by atoms with Crippen LogP contribution in [0.3, 0.4) is 0 Å². The number of nitro groups is 1. The molecule has 3 amide bonds. The topological polar surface area (TPSA) is 119 Å². The van der Waals surface area contributed by atoms with Crippen LogP contribution < -0.4 is 10.1 Å². The van der Waals surface area contributed by atoms with Gasteiger partial charge < -0.3 is 10.1 Å². The molecule has 1 saturated carbocycles. The van der Waals surface area contributed by atoms with Crippen LogP contribution >= 0.6 is 0 Å². The number of fused-ring (bicyclic) bond motifs is 5. The van der Waals surface area contributed by atoms with Crippen molar-refractivity contribution in [2.75, 3.05) is 12.4 Å². The fraction of sp³-hybridized carbons (Fsp3) is 0.320. The van der Waals surface area contributed by atoms with E-state index in [9.17, 15) is 24.5 Å². The van der Waals surface area contributed by atoms with Gasteiger partial charge in [0, 0.05) is 6.42 Å². The number of likely N-dealkylation sites (tertiary alicyclic amines) is 1. The van der Waals surface area contributed by atoms with E-state index in [1.807, 2.05) is 42.5 Å². The summed E-state index contributed by atoms with van der Waals surface area (Å²) in [4.78, 5) is 52.4. The Kier molecular flexibility index (Phi) is 5.39. The molecule has 174 valence electrons. The minimum Gasteiger partial charge on any atom is -0.496 e. The molecule has 1 N–H and O–H groups in total. The standard InChI is InChI=1S/C25H23N3O6/c1-34-17-9-10-18(19(13-17)28(32)33)26-23(29)20(11-14-5-3-2-4-6-14)27-24(30)21-15-7-8-16(12-15)22(21)25(27)31/h2-10,13,15-16,20-22H,11-12H2,1H3,(H,26,29)/t15-,16+,20-,21-,22-/m0/s1. The lowest BCUT2D eigenvalue weighted by molar-refractivity contribution is -0.384. The zero-order valence-corrected chi connectivity index (χ0v) is 18.4. The Morgan fingerprint density at radius 3 is 2.35 bits per heavy atom. The lowest BCUT2D eigenvalue weighted by atomic mass is 9.85. The van der Waals surface area contributed by atoms with Gasteiger partial charge in [0.25, 0.3) is 5.69 Å². The predicted octanol–water partition coefficient (Wildman–Crippen LogP) is 2.96. The lowest BCUT2D eigenvalue weighted by Crippen LogP contribution is -2.49. The van der Waals surface area contributed by atoms with Gasteiger partial charge in [-0.3, -0.25) is 29.4 Å². The maximum atomic E-state index is 13.5. The summed E-state index contributed by atoms with van der Waals surface area (Å²) in [5, 5.41) is 14.2. The van der Waals surface area contributed by atoms with Crippen molar-refractivity contribution in [2.45, 2.75) is 18.9 Å². The van der Waals surface area contributed by atoms with Crippen LogP contribution in [0.4, 0.5) is 11.4 Å². The van der Waals surface area contributed by atoms with Gasteiger partial charge >= 0.3 is 0 Å². The van der Waals surface area contributed by atoms with E-state index in [1.54, 1.807) is 0 Å². The number of anilines is 1. The van der Waals surface area contributed by atoms with E-state index >= 15 is 0 Å². The third kappa shape index (κ3) is 3.53. The summed E-state index contributed by atoms with van der Waals surface area (Å²) in [6.07, 6.45) is 4.88. The summed E-state index contributed by atoms with van der Waals surface area (Å²) >= 11 is 0. The number of methoxy groups -OCH3 is 1. The van der Waals surface area contributed by atoms with Gasteiger partial charge in [-0.05, 0) is 36.0 Å². The lowest BCUT2D eigenvalue weighted by Gasteiger charge is -2.27. The molecule has 2 fully saturated rings. The highest BCUT2D eigenvalue weighted by atomic mass is 16.6. The Morgan fingerprint density at radius 2 is 1.76 bits per heavy atom. The molecule has 34 heavy (non-hydrogen) atoms. The number of benzene rings is 2. The molecule has 2 aromatic carbocycles. The third-order valence-electron chi connectivity index (χ3n) is 7.05. The number of imide groups is 1. The molecule has 2 aromatic rings. The zero-order chi connectivity index (χ0) is 24.0. The second kappa shape index (κ2) is 8.40. The maximum Gasteiger partial charge on any atom is 0.296 e. The van der Waals surface area contributed by atoms with Crippen LogP contribution in [-0.2, 0) is 20.8 Å². The van der Waals surface area contributed by atoms with E-state index < -0.39 is 28.7 Å². The monoisotopic (exact) mass is 461 g/mol. The van der Waals surface area contributed by atoms with Crippen LogP contribution in [0.15, 0.2) is 60.7 Å². The SMILES string of the molecule is COc1ccc(NC(=O)[C@H](Cc2ccccc2)N2C(=O)[C@@H]3[C@@H](C2=O)[C@H]2C=C[C@@H]3C2)c([N+](=O)[O-])c1. The third-order valence-corrected chi connectivity index (χ3v) is 7.05. The number of hydrogen-bond acceptors (Lipinski definition) is 6. The summed E-state index contributed by atoms with van der Waals surface area (Å²) < 4.78 is 5.05. The van der Waals surface area contributed by atoms with Crippen LogP contribution in [0.1, 0.15) is 12.0 Å². The Balaban J connectivity index is 1.48. The van der Waals surface area contributed by atoms with E-state index in [4.69, 9.17) is 4.74 Å². The molecule has 9 nitrogen and oxygen atoms in total. The minimum absolute atomic E-state index is 0.0135. The summed E-state index contributed by atoms with van der Waals surface area (Å²) in [7, 11) is 1.39. The van der Waals surface area contributed by atoms with Gasteiger partial charge in [0.1, 0.15) is 17.5 Å². The van der Waals surface area contributed by atoms with Crippen LogP contribution in [0.5, 0.6) is 5.75 Å². The second-order valence-corrected chi connectivity index (χ2v) is 8.88. The average Bonchev–Trinajstić information content (AvgIpc) is 3.52. The van der Waals surface area contributed by atoms with Crippen molar-refractivity contribution in [1.29, 1.82) is 0 Å². The molecule has 0 radical (unpaired) electrons. The summed E-state index contributed by atoms with van der Waals surface area (Å²) in [5.41, 5.74) is 0.393. The number of hydrogen-bond donors (Lipinski definition) is 1. The Hall–Kier alpha value is -4.01. The first-order chi connectivity index (χ1) is 16.4. The Morgan fingerprint density at radius 1 is 1.12 bits per heavy atom. The number of allylic oxidation sites excluding steroid dienone is 2. The predicted molar refractivity (Wildman–Crippen MR) is 122 cm³/mol. The number of nitrogens with zero attached hydrogens (tertiary/aromatic N) is 2. The molecule has 1 heterocycles. The number of carbonyl (C=O) groups is 3. The van der Waals surface area contributed by atoms with Crippen LogP contribution in [0.25, 0.3) is 0 Å². The molecule has 5 rings (SSSR count). The molecular formula is C25H23N3O6. The smallest absolute Gasteiger partial charge is 0.296 e. The van der Waals surface area contributed by atoms with Crippen molar-refractivity contribution in [2.24, 2.45) is 23.7 Å². The number of carbonyl (C=O) groups excluding carboxylic acids is 3. The number of ether oxygens (including phenoxy) is 1. The molecular weight excluding hydrogens is 438 g/mol. The molecule has 5 atom stereocenters. The molecule has 0 aromatic heterocycles. The van der Waals surface area contributed by atoms with Crippen LogP contribution in [0.2, 0.25) is 0 Å². The molecule has 0 spiro atoms. The largest absolute Gasteiger partial charge is 0.496 e. The average molecular weight is 461 g/mol. The molecule has 9 heteroatoms. The maximum absolute atomic E-state index is 13.5. The van der Waals surface area contributed by atoms with Crippen molar-refractivity contribution < 1.29 is 24.0 Å². The van der Waals surface area contributed by atoms with Crippen molar-refractivity contribution in [3.05, 3.63) is 76.4 Å². The summed E-state index contributed by atoms with van der Waals surface area (Å²) in [6, 6.07) is 12.0. The molecule has 1 saturated heterocycles. The molecule has 3 aliphatic rings. The normalized spacial score (nSPS) is 25.4. The number of nitrogens with one attached hydrogen (secondary N) is 1. The van der Waals surface area contributed by atoms with E-state index in [-0.39, 0.29) is 47.2 Å². The molecule has 0 unspecified atom stereocenters. The second-order valence-electron chi connectivity index (χ2n) is 8.88. The fourth-order valence-corrected chi connectivity index (χ4v) is 5.48. The fourth-order valence-electron chi connectivity index (χ4n) is 5.48. The first kappa shape index (κ1) is 21.8. The molecule has 1 aliphatic heterocycles. The van der Waals surface area contributed by atoms with Gasteiger partial charge in [0.05, 0.1) is 29.9 Å². The van der Waals surface area contributed by atoms with Crippen molar-refractivity contribution in [3.8, 4) is 5.75 Å². The first-order valence-corrected chi connectivity index (χ1v) is 11.1. The quantitative estimate of drug-likeness (QED) is 0.293. The highest BCUT2D eigenvalue weighted by molar-refractivity contribution is 6.11. The molecule has 2 bridgehead atoms. The van der Waals surface area contributed by atoms with Crippen molar-refractivity contribution >= 4 is 29.1 Å². The number of amides is 3. The van der Waals surface area contributed by atoms with Crippen molar-refractivity contribution in [1.82, 2.24) is 4.90 Å². The van der Waals surface area contributed by atoms with Gasteiger partial charge in [-0.1, -0.05) is 42.5 Å². The van der Waals surface area contributed by atoms with Crippen LogP contribution in [-0.4, -0.2) is 40.7 Å². The summed E-state index contributed by atoms with van der Waals surface area (Å²) in [6.45, 7) is 0. The van der Waals surface area contributed by atoms with Crippen molar-refractivity contribution in [3.63, 3.8) is 0 Å². The van der Waals surface area contributed by atoms with Gasteiger partial charge in [-0.2, -0.15) is 0 Å². The first-order valence-electron chi connectivity index (χ1n) is 11.1. The number of rotatable bonds is 7. The van der Waals surface area contributed by atoms with Gasteiger partial charge in [-0.15, -0.1) is 0 Å². The Bertz CT molecular complexity index is 1180. The van der Waals surface area contributed by atoms with E-state index in [0.717, 1.165) is 16.9 Å². The van der Waals surface area contributed by atoms with E-state index in [1.165, 1.54) is 25.3 Å². The molecule has 2 aliphatic carbocycles. The van der Waals surface area contributed by atoms with Gasteiger partial charge in [-0.25, -0.2) is 0 Å². The van der Waals surface area contributed by atoms with E-state index in [2.05, 4.69) is 5.32 Å². The van der Waals surface area contributed by atoms with E-state index in [0.29, 0.717) is 0 Å². The minimum atomic E-state index is -1.13.